The highest BCUT2D eigenvalue weighted by atomic mass is 35.5. The first-order valence-electron chi connectivity index (χ1n) is 7.07. The first-order chi connectivity index (χ1) is 9.74. The number of amides is 1. The lowest BCUT2D eigenvalue weighted by atomic mass is 9.79. The summed E-state index contributed by atoms with van der Waals surface area (Å²) < 4.78 is 5.35. The number of thiazole rings is 1. The summed E-state index contributed by atoms with van der Waals surface area (Å²) in [5.74, 6) is 0.104. The Bertz CT molecular complexity index is 407. The molecule has 0 unspecified atom stereocenters. The quantitative estimate of drug-likeness (QED) is 0.771. The Morgan fingerprint density at radius 1 is 1.45 bits per heavy atom. The number of methoxy groups -OCH3 is 1. The summed E-state index contributed by atoms with van der Waals surface area (Å²) in [6.07, 6.45) is 3.32. The molecule has 1 amide bonds. The van der Waals surface area contributed by atoms with Crippen molar-refractivity contribution in [3.63, 3.8) is 0 Å². The normalized spacial score (nSPS) is 16.2. The van der Waals surface area contributed by atoms with E-state index in [2.05, 4.69) is 15.6 Å². The lowest BCUT2D eigenvalue weighted by Gasteiger charge is -2.37. The molecule has 22 heavy (non-hydrogen) atoms. The van der Waals surface area contributed by atoms with E-state index in [1.165, 1.54) is 0 Å². The van der Waals surface area contributed by atoms with E-state index in [-0.39, 0.29) is 36.1 Å². The molecule has 1 fully saturated rings. The van der Waals surface area contributed by atoms with E-state index in [1.807, 2.05) is 5.38 Å². The molecule has 1 aliphatic heterocycles. The molecule has 1 aromatic rings. The summed E-state index contributed by atoms with van der Waals surface area (Å²) >= 11 is 1.57. The van der Waals surface area contributed by atoms with E-state index in [0.29, 0.717) is 26.0 Å². The summed E-state index contributed by atoms with van der Waals surface area (Å²) in [5, 5.41) is 8.42. The van der Waals surface area contributed by atoms with Crippen LogP contribution in [0.25, 0.3) is 0 Å². The molecule has 1 aromatic heterocycles. The molecule has 8 heteroatoms. The molecule has 0 atom stereocenters. The van der Waals surface area contributed by atoms with Crippen LogP contribution in [0.5, 0.6) is 0 Å². The third kappa shape index (κ3) is 6.79. The number of rotatable bonds is 7. The van der Waals surface area contributed by atoms with Gasteiger partial charge in [0.1, 0.15) is 0 Å². The van der Waals surface area contributed by atoms with Crippen molar-refractivity contribution in [3.8, 4) is 0 Å². The number of nitrogens with zero attached hydrogens (tertiary/aromatic N) is 1. The summed E-state index contributed by atoms with van der Waals surface area (Å²) in [4.78, 5) is 16.1. The van der Waals surface area contributed by atoms with Crippen LogP contribution in [0.2, 0.25) is 0 Å². The number of ether oxygens (including phenoxy) is 1. The Labute approximate surface area is 148 Å². The zero-order valence-corrected chi connectivity index (χ0v) is 15.2. The molecule has 0 saturated carbocycles. The lowest BCUT2D eigenvalue weighted by molar-refractivity contribution is -0.122. The fourth-order valence-corrected chi connectivity index (χ4v) is 3.21. The van der Waals surface area contributed by atoms with E-state index in [1.54, 1.807) is 24.0 Å². The van der Waals surface area contributed by atoms with Crippen molar-refractivity contribution < 1.29 is 9.53 Å². The maximum atomic E-state index is 11.9. The number of nitrogens with one attached hydrogen (secondary N) is 2. The Morgan fingerprint density at radius 2 is 2.18 bits per heavy atom. The summed E-state index contributed by atoms with van der Waals surface area (Å²) in [6.45, 7) is 3.41. The van der Waals surface area contributed by atoms with Gasteiger partial charge < -0.3 is 15.4 Å². The van der Waals surface area contributed by atoms with Gasteiger partial charge in [-0.25, -0.2) is 4.98 Å². The van der Waals surface area contributed by atoms with Crippen LogP contribution in [0.4, 0.5) is 0 Å². The second-order valence-electron chi connectivity index (χ2n) is 5.44. The van der Waals surface area contributed by atoms with Crippen molar-refractivity contribution in [2.45, 2.75) is 25.7 Å². The van der Waals surface area contributed by atoms with E-state index in [0.717, 1.165) is 31.6 Å². The maximum absolute atomic E-state index is 11.9. The average molecular weight is 370 g/mol. The Hall–Kier alpha value is -0.400. The lowest BCUT2D eigenvalue weighted by Crippen LogP contribution is -2.47. The topological polar surface area (TPSA) is 63.2 Å². The number of halogens is 2. The van der Waals surface area contributed by atoms with Gasteiger partial charge in [-0.05, 0) is 32.4 Å². The number of hydrogen-bond donors (Lipinski definition) is 2. The molecular formula is C14H25Cl2N3O2S. The van der Waals surface area contributed by atoms with Gasteiger partial charge in [-0.3, -0.25) is 4.79 Å². The van der Waals surface area contributed by atoms with Crippen molar-refractivity contribution in [3.05, 3.63) is 16.6 Å². The van der Waals surface area contributed by atoms with Gasteiger partial charge in [0.05, 0.1) is 17.8 Å². The van der Waals surface area contributed by atoms with E-state index in [9.17, 15) is 4.79 Å². The Kier molecular flexibility index (Phi) is 11.0. The predicted molar refractivity (Wildman–Crippen MR) is 94.4 cm³/mol. The second kappa shape index (κ2) is 11.2. The minimum absolute atomic E-state index is 0. The van der Waals surface area contributed by atoms with Crippen molar-refractivity contribution in [2.24, 2.45) is 5.41 Å². The van der Waals surface area contributed by atoms with Gasteiger partial charge in [0.15, 0.2) is 0 Å². The molecule has 0 spiro atoms. The molecule has 128 valence electrons. The minimum atomic E-state index is 0. The molecule has 0 aliphatic carbocycles. The number of carbonyl (C=O) groups is 1. The van der Waals surface area contributed by atoms with Gasteiger partial charge in [-0.15, -0.1) is 36.2 Å². The van der Waals surface area contributed by atoms with Crippen LogP contribution >= 0.6 is 36.2 Å². The Balaban J connectivity index is 0.00000220. The summed E-state index contributed by atoms with van der Waals surface area (Å²) in [5.41, 5.74) is 2.89. The molecule has 2 N–H and O–H groups in total. The second-order valence-corrected chi connectivity index (χ2v) is 6.16. The first-order valence-corrected chi connectivity index (χ1v) is 8.02. The van der Waals surface area contributed by atoms with E-state index in [4.69, 9.17) is 4.74 Å². The highest BCUT2D eigenvalue weighted by Gasteiger charge is 2.32. The number of carbonyl (C=O) groups excluding carboxylic acids is 1. The monoisotopic (exact) mass is 369 g/mol. The van der Waals surface area contributed by atoms with Gasteiger partial charge in [0.25, 0.3) is 0 Å². The molecule has 1 saturated heterocycles. The van der Waals surface area contributed by atoms with Gasteiger partial charge >= 0.3 is 0 Å². The van der Waals surface area contributed by atoms with Crippen LogP contribution in [0.1, 0.15) is 25.0 Å². The van der Waals surface area contributed by atoms with Crippen LogP contribution in [-0.4, -0.2) is 44.2 Å². The van der Waals surface area contributed by atoms with Gasteiger partial charge in [-0.2, -0.15) is 0 Å². The number of hydrogen-bond acceptors (Lipinski definition) is 5. The zero-order valence-electron chi connectivity index (χ0n) is 12.8. The fourth-order valence-electron chi connectivity index (χ4n) is 2.61. The molecule has 0 radical (unpaired) electrons. The van der Waals surface area contributed by atoms with Crippen molar-refractivity contribution >= 4 is 42.1 Å². The first kappa shape index (κ1) is 21.6. The molecule has 1 aliphatic rings. The Morgan fingerprint density at radius 3 is 2.77 bits per heavy atom. The predicted octanol–water partition coefficient (Wildman–Crippen LogP) is 2.05. The summed E-state index contributed by atoms with van der Waals surface area (Å²) in [6, 6.07) is 0. The summed E-state index contributed by atoms with van der Waals surface area (Å²) in [7, 11) is 1.73. The number of aryl methyl sites for hydroxylation is 1. The smallest absolute Gasteiger partial charge is 0.220 e. The van der Waals surface area contributed by atoms with Crippen molar-refractivity contribution in [1.29, 1.82) is 0 Å². The third-order valence-electron chi connectivity index (χ3n) is 3.87. The minimum Gasteiger partial charge on any atom is -0.384 e. The molecule has 0 bridgehead atoms. The van der Waals surface area contributed by atoms with Gasteiger partial charge in [0.2, 0.25) is 5.91 Å². The standard InChI is InChI=1S/C14H23N3O2S.2ClH/c1-19-10-14(4-6-15-7-5-14)9-16-13(18)3-2-12-8-20-11-17-12;;/h8,11,15H,2-7,9-10H2,1H3,(H,16,18);2*1H. The fraction of sp³-hybridized carbons (Fsp3) is 0.714. The average Bonchev–Trinajstić information content (AvgIpc) is 2.98. The molecule has 2 heterocycles. The van der Waals surface area contributed by atoms with Crippen molar-refractivity contribution in [2.75, 3.05) is 33.4 Å². The largest absolute Gasteiger partial charge is 0.384 e. The zero-order chi connectivity index (χ0) is 14.3. The third-order valence-corrected chi connectivity index (χ3v) is 4.50. The van der Waals surface area contributed by atoms with Crippen molar-refractivity contribution in [1.82, 2.24) is 15.6 Å². The molecular weight excluding hydrogens is 345 g/mol. The van der Waals surface area contributed by atoms with Crippen LogP contribution < -0.4 is 10.6 Å². The van der Waals surface area contributed by atoms with E-state index >= 15 is 0 Å². The van der Waals surface area contributed by atoms with Gasteiger partial charge in [0, 0.05) is 30.9 Å². The number of piperidine rings is 1. The molecule has 5 nitrogen and oxygen atoms in total. The van der Waals surface area contributed by atoms with Crippen LogP contribution in [-0.2, 0) is 16.0 Å². The SMILES string of the molecule is COCC1(CNC(=O)CCc2cscn2)CCNCC1.Cl.Cl. The number of aromatic nitrogens is 1. The van der Waals surface area contributed by atoms with E-state index < -0.39 is 0 Å². The highest BCUT2D eigenvalue weighted by molar-refractivity contribution is 7.07. The highest BCUT2D eigenvalue weighted by Crippen LogP contribution is 2.28. The molecule has 0 aromatic carbocycles. The van der Waals surface area contributed by atoms with Crippen LogP contribution in [0, 0.1) is 5.41 Å². The molecule has 2 rings (SSSR count). The maximum Gasteiger partial charge on any atom is 0.220 e. The van der Waals surface area contributed by atoms with Crippen LogP contribution in [0.15, 0.2) is 10.9 Å². The van der Waals surface area contributed by atoms with Crippen LogP contribution in [0.3, 0.4) is 0 Å². The van der Waals surface area contributed by atoms with Gasteiger partial charge in [-0.1, -0.05) is 0 Å².